The van der Waals surface area contributed by atoms with Crippen molar-refractivity contribution < 1.29 is 4.79 Å². The number of nitrogens with one attached hydrogen (secondary N) is 1. The van der Waals surface area contributed by atoms with Gasteiger partial charge >= 0.3 is 0 Å². The van der Waals surface area contributed by atoms with Gasteiger partial charge in [-0.15, -0.1) is 11.3 Å². The first kappa shape index (κ1) is 17.4. The number of thiazole rings is 1. The summed E-state index contributed by atoms with van der Waals surface area (Å²) in [5.74, 6) is -0.0227. The van der Waals surface area contributed by atoms with E-state index < -0.39 is 0 Å². The van der Waals surface area contributed by atoms with E-state index in [0.717, 1.165) is 16.9 Å². The lowest BCUT2D eigenvalue weighted by atomic mass is 10.0. The van der Waals surface area contributed by atoms with Crippen molar-refractivity contribution in [1.29, 1.82) is 0 Å². The number of pyridine rings is 1. The number of amides is 1. The normalized spacial score (nSPS) is 10.8. The molecular weight excluding hydrogens is 354 g/mol. The molecule has 2 heterocycles. The standard InChI is InChI=1S/C22H19N3OS/c26-21(10-8-16-4-3-11-23-14-16)25-22-24-15-20(27-22)13-17-7-9-18-5-1-2-6-19(18)12-17/h1-7,9,11-12,14-15H,8,10,13H2,(H,24,25,26). The number of nitrogens with zero attached hydrogens (tertiary/aromatic N) is 2. The molecule has 0 fully saturated rings. The van der Waals surface area contributed by atoms with Crippen molar-refractivity contribution in [2.45, 2.75) is 19.3 Å². The Morgan fingerprint density at radius 3 is 2.70 bits per heavy atom. The lowest BCUT2D eigenvalue weighted by Gasteiger charge is -2.02. The van der Waals surface area contributed by atoms with E-state index in [4.69, 9.17) is 0 Å². The van der Waals surface area contributed by atoms with Crippen molar-refractivity contribution in [3.63, 3.8) is 0 Å². The summed E-state index contributed by atoms with van der Waals surface area (Å²) in [5, 5.41) is 6.03. The molecule has 0 spiro atoms. The SMILES string of the molecule is O=C(CCc1cccnc1)Nc1ncc(Cc2ccc3ccccc3c2)s1. The van der Waals surface area contributed by atoms with Gasteiger partial charge in [-0.3, -0.25) is 9.78 Å². The van der Waals surface area contributed by atoms with Crippen LogP contribution in [0.2, 0.25) is 0 Å². The van der Waals surface area contributed by atoms with Crippen molar-refractivity contribution in [3.05, 3.63) is 89.2 Å². The molecule has 0 bridgehead atoms. The average molecular weight is 373 g/mol. The molecule has 2 aromatic carbocycles. The van der Waals surface area contributed by atoms with Crippen LogP contribution in [0.3, 0.4) is 0 Å². The van der Waals surface area contributed by atoms with Gasteiger partial charge in [0.1, 0.15) is 0 Å². The van der Waals surface area contributed by atoms with E-state index >= 15 is 0 Å². The van der Waals surface area contributed by atoms with Crippen molar-refractivity contribution in [2.75, 3.05) is 5.32 Å². The maximum absolute atomic E-state index is 12.1. The van der Waals surface area contributed by atoms with Crippen LogP contribution in [0, 0.1) is 0 Å². The minimum atomic E-state index is -0.0227. The summed E-state index contributed by atoms with van der Waals surface area (Å²) < 4.78 is 0. The lowest BCUT2D eigenvalue weighted by Crippen LogP contribution is -2.12. The largest absolute Gasteiger partial charge is 0.302 e. The van der Waals surface area contributed by atoms with E-state index in [2.05, 4.69) is 57.7 Å². The lowest BCUT2D eigenvalue weighted by molar-refractivity contribution is -0.116. The highest BCUT2D eigenvalue weighted by atomic mass is 32.1. The number of hydrogen-bond acceptors (Lipinski definition) is 4. The highest BCUT2D eigenvalue weighted by Gasteiger charge is 2.08. The maximum Gasteiger partial charge on any atom is 0.226 e. The van der Waals surface area contributed by atoms with Gasteiger partial charge in [0.05, 0.1) is 0 Å². The van der Waals surface area contributed by atoms with Gasteiger partial charge in [-0.05, 0) is 34.4 Å². The molecular formula is C22H19N3OS. The molecule has 4 rings (SSSR count). The second-order valence-corrected chi connectivity index (χ2v) is 7.51. The maximum atomic E-state index is 12.1. The Labute approximate surface area is 161 Å². The van der Waals surface area contributed by atoms with Crippen LogP contribution < -0.4 is 5.32 Å². The Kier molecular flexibility index (Phi) is 5.21. The molecule has 1 amide bonds. The first-order chi connectivity index (χ1) is 13.3. The van der Waals surface area contributed by atoms with Crippen molar-refractivity contribution in [2.24, 2.45) is 0 Å². The molecule has 0 radical (unpaired) electrons. The summed E-state index contributed by atoms with van der Waals surface area (Å²) in [6, 6.07) is 18.7. The molecule has 1 N–H and O–H groups in total. The zero-order valence-corrected chi connectivity index (χ0v) is 15.6. The number of carbonyl (C=O) groups is 1. The fourth-order valence-corrected chi connectivity index (χ4v) is 3.85. The minimum Gasteiger partial charge on any atom is -0.302 e. The third-order valence-corrected chi connectivity index (χ3v) is 5.27. The molecule has 5 heteroatoms. The fourth-order valence-electron chi connectivity index (χ4n) is 2.98. The molecule has 2 aromatic heterocycles. The summed E-state index contributed by atoms with van der Waals surface area (Å²) >= 11 is 1.53. The molecule has 0 aliphatic rings. The Bertz CT molecular complexity index is 1060. The van der Waals surface area contributed by atoms with Crippen LogP contribution in [0.15, 0.2) is 73.2 Å². The fraction of sp³-hybridized carbons (Fsp3) is 0.136. The average Bonchev–Trinajstić information content (AvgIpc) is 3.14. The summed E-state index contributed by atoms with van der Waals surface area (Å²) in [7, 11) is 0. The van der Waals surface area contributed by atoms with E-state index in [1.807, 2.05) is 18.3 Å². The number of rotatable bonds is 6. The number of aryl methyl sites for hydroxylation is 1. The van der Waals surface area contributed by atoms with E-state index in [-0.39, 0.29) is 5.91 Å². The minimum absolute atomic E-state index is 0.0227. The summed E-state index contributed by atoms with van der Waals surface area (Å²) in [4.78, 5) is 21.7. The number of aromatic nitrogens is 2. The van der Waals surface area contributed by atoms with E-state index in [9.17, 15) is 4.79 Å². The third kappa shape index (κ3) is 4.57. The van der Waals surface area contributed by atoms with Crippen LogP contribution in [0.4, 0.5) is 5.13 Å². The van der Waals surface area contributed by atoms with Crippen LogP contribution >= 0.6 is 11.3 Å². The van der Waals surface area contributed by atoms with Gasteiger partial charge in [-0.25, -0.2) is 4.98 Å². The predicted octanol–water partition coefficient (Wildman–Crippen LogP) is 4.85. The number of benzene rings is 2. The van der Waals surface area contributed by atoms with Crippen LogP contribution in [0.25, 0.3) is 10.8 Å². The van der Waals surface area contributed by atoms with Crippen molar-refractivity contribution in [3.8, 4) is 0 Å². The molecule has 0 atom stereocenters. The Morgan fingerprint density at radius 2 is 1.85 bits per heavy atom. The molecule has 0 saturated heterocycles. The molecule has 0 saturated carbocycles. The summed E-state index contributed by atoms with van der Waals surface area (Å²) in [6.45, 7) is 0. The van der Waals surface area contributed by atoms with Gasteiger partial charge in [0, 0.05) is 36.3 Å². The zero-order chi connectivity index (χ0) is 18.5. The Morgan fingerprint density at radius 1 is 0.963 bits per heavy atom. The Balaban J connectivity index is 1.35. The molecule has 27 heavy (non-hydrogen) atoms. The van der Waals surface area contributed by atoms with Crippen LogP contribution in [0.1, 0.15) is 22.4 Å². The zero-order valence-electron chi connectivity index (χ0n) is 14.8. The molecule has 134 valence electrons. The van der Waals surface area contributed by atoms with Crippen LogP contribution in [0.5, 0.6) is 0 Å². The second kappa shape index (κ2) is 8.10. The van der Waals surface area contributed by atoms with E-state index in [1.54, 1.807) is 12.4 Å². The van der Waals surface area contributed by atoms with Crippen LogP contribution in [-0.4, -0.2) is 15.9 Å². The predicted molar refractivity (Wildman–Crippen MR) is 110 cm³/mol. The molecule has 0 aliphatic heterocycles. The van der Waals surface area contributed by atoms with Gasteiger partial charge in [-0.1, -0.05) is 48.5 Å². The molecule has 4 aromatic rings. The summed E-state index contributed by atoms with van der Waals surface area (Å²) in [6.07, 6.45) is 7.28. The van der Waals surface area contributed by atoms with Crippen LogP contribution in [-0.2, 0) is 17.6 Å². The van der Waals surface area contributed by atoms with E-state index in [0.29, 0.717) is 18.0 Å². The van der Waals surface area contributed by atoms with Crippen molar-refractivity contribution >= 4 is 33.1 Å². The molecule has 4 nitrogen and oxygen atoms in total. The van der Waals surface area contributed by atoms with Gasteiger partial charge in [0.25, 0.3) is 0 Å². The first-order valence-electron chi connectivity index (χ1n) is 8.87. The van der Waals surface area contributed by atoms with Gasteiger partial charge in [-0.2, -0.15) is 0 Å². The topological polar surface area (TPSA) is 54.9 Å². The highest BCUT2D eigenvalue weighted by Crippen LogP contribution is 2.23. The second-order valence-electron chi connectivity index (χ2n) is 6.40. The smallest absolute Gasteiger partial charge is 0.226 e. The van der Waals surface area contributed by atoms with Gasteiger partial charge < -0.3 is 5.32 Å². The van der Waals surface area contributed by atoms with Gasteiger partial charge in [0.15, 0.2) is 5.13 Å². The monoisotopic (exact) mass is 373 g/mol. The number of anilines is 1. The molecule has 0 unspecified atom stereocenters. The summed E-state index contributed by atoms with van der Waals surface area (Å²) in [5.41, 5.74) is 2.30. The number of hydrogen-bond donors (Lipinski definition) is 1. The number of carbonyl (C=O) groups excluding carboxylic acids is 1. The van der Waals surface area contributed by atoms with Crippen molar-refractivity contribution in [1.82, 2.24) is 9.97 Å². The third-order valence-electron chi connectivity index (χ3n) is 4.36. The highest BCUT2D eigenvalue weighted by molar-refractivity contribution is 7.15. The molecule has 0 aliphatic carbocycles. The number of fused-ring (bicyclic) bond motifs is 1. The van der Waals surface area contributed by atoms with Gasteiger partial charge in [0.2, 0.25) is 5.91 Å². The Hall–Kier alpha value is -3.05. The quantitative estimate of drug-likeness (QED) is 0.525. The first-order valence-corrected chi connectivity index (χ1v) is 9.69. The van der Waals surface area contributed by atoms with E-state index in [1.165, 1.54) is 27.7 Å².